The number of carbonyl (C=O) groups is 1. The summed E-state index contributed by atoms with van der Waals surface area (Å²) in [5.74, 6) is 1.14. The fourth-order valence-corrected chi connectivity index (χ4v) is 2.60. The highest BCUT2D eigenvalue weighted by molar-refractivity contribution is 6.51. The Labute approximate surface area is 164 Å². The lowest BCUT2D eigenvalue weighted by atomic mass is 10.0. The first-order valence-electron chi connectivity index (χ1n) is 8.78. The third-order valence-electron chi connectivity index (χ3n) is 4.16. The molecule has 3 aromatic rings. The maximum atomic E-state index is 13.1. The summed E-state index contributed by atoms with van der Waals surface area (Å²) in [6, 6.07) is 23.7. The summed E-state index contributed by atoms with van der Waals surface area (Å²) in [5, 5.41) is 4.16. The minimum atomic E-state index is -0.235. The fraction of sp³-hybridized carbons (Fsp3) is 0.130. The summed E-state index contributed by atoms with van der Waals surface area (Å²) in [6.07, 6.45) is 0. The zero-order chi connectivity index (χ0) is 19.8. The maximum Gasteiger partial charge on any atom is 0.215 e. The molecule has 0 amide bonds. The predicted octanol–water partition coefficient (Wildman–Crippen LogP) is 4.51. The molecule has 0 atom stereocenters. The van der Waals surface area contributed by atoms with Gasteiger partial charge in [0.1, 0.15) is 18.1 Å². The standard InChI is InChI=1S/C23H21NO4/c1-26-20-12-8-18(9-13-20)22(24-28-16-17-6-4-3-5-7-17)23(25)19-10-14-21(27-2)15-11-19/h3-15H,16H2,1-2H3/b24-22+. The molecule has 5 heteroatoms. The molecule has 0 saturated carbocycles. The van der Waals surface area contributed by atoms with Gasteiger partial charge in [0.05, 0.1) is 14.2 Å². The zero-order valence-corrected chi connectivity index (χ0v) is 15.8. The van der Waals surface area contributed by atoms with Gasteiger partial charge in [0, 0.05) is 11.1 Å². The molecular formula is C23H21NO4. The van der Waals surface area contributed by atoms with Crippen LogP contribution < -0.4 is 9.47 Å². The number of oxime groups is 1. The van der Waals surface area contributed by atoms with Gasteiger partial charge in [0.25, 0.3) is 0 Å². The van der Waals surface area contributed by atoms with Crippen molar-refractivity contribution in [1.82, 2.24) is 0 Å². The number of methoxy groups -OCH3 is 2. The molecule has 5 nitrogen and oxygen atoms in total. The van der Waals surface area contributed by atoms with Crippen molar-refractivity contribution in [3.8, 4) is 11.5 Å². The van der Waals surface area contributed by atoms with Crippen LogP contribution in [0.3, 0.4) is 0 Å². The molecule has 0 aliphatic carbocycles. The average molecular weight is 375 g/mol. The van der Waals surface area contributed by atoms with Crippen LogP contribution in [-0.2, 0) is 11.4 Å². The van der Waals surface area contributed by atoms with Gasteiger partial charge in [-0.15, -0.1) is 0 Å². The fourth-order valence-electron chi connectivity index (χ4n) is 2.60. The van der Waals surface area contributed by atoms with Crippen LogP contribution in [0.15, 0.2) is 84.0 Å². The van der Waals surface area contributed by atoms with Gasteiger partial charge in [-0.25, -0.2) is 0 Å². The lowest BCUT2D eigenvalue weighted by molar-refractivity contribution is 0.103. The molecule has 3 rings (SSSR count). The van der Waals surface area contributed by atoms with E-state index in [-0.39, 0.29) is 18.1 Å². The number of ketones is 1. The predicted molar refractivity (Wildman–Crippen MR) is 108 cm³/mol. The summed E-state index contributed by atoms with van der Waals surface area (Å²) in [6.45, 7) is 0.274. The topological polar surface area (TPSA) is 57.1 Å². The highest BCUT2D eigenvalue weighted by Gasteiger charge is 2.18. The summed E-state index contributed by atoms with van der Waals surface area (Å²) in [4.78, 5) is 18.6. The average Bonchev–Trinajstić information content (AvgIpc) is 2.77. The van der Waals surface area contributed by atoms with E-state index in [1.165, 1.54) is 0 Å². The number of benzene rings is 3. The number of ether oxygens (including phenoxy) is 2. The molecule has 142 valence electrons. The van der Waals surface area contributed by atoms with E-state index in [2.05, 4.69) is 5.16 Å². The second kappa shape index (κ2) is 9.37. The summed E-state index contributed by atoms with van der Waals surface area (Å²) >= 11 is 0. The van der Waals surface area contributed by atoms with Gasteiger partial charge in [-0.1, -0.05) is 35.5 Å². The Morgan fingerprint density at radius 3 is 1.82 bits per heavy atom. The van der Waals surface area contributed by atoms with E-state index in [1.807, 2.05) is 30.3 Å². The third kappa shape index (κ3) is 4.76. The molecule has 0 aliphatic heterocycles. The monoisotopic (exact) mass is 375 g/mol. The maximum absolute atomic E-state index is 13.1. The normalized spacial score (nSPS) is 11.0. The summed E-state index contributed by atoms with van der Waals surface area (Å²) in [5.41, 5.74) is 2.34. The van der Waals surface area contributed by atoms with Crippen LogP contribution in [-0.4, -0.2) is 25.7 Å². The third-order valence-corrected chi connectivity index (χ3v) is 4.16. The highest BCUT2D eigenvalue weighted by atomic mass is 16.6. The first kappa shape index (κ1) is 19.2. The number of Topliss-reactive ketones (excluding diaryl/α,β-unsaturated/α-hetero) is 1. The van der Waals surface area contributed by atoms with Crippen LogP contribution in [0, 0.1) is 0 Å². The zero-order valence-electron chi connectivity index (χ0n) is 15.8. The molecule has 0 unspecified atom stereocenters. The van der Waals surface area contributed by atoms with Gasteiger partial charge < -0.3 is 14.3 Å². The van der Waals surface area contributed by atoms with Gasteiger partial charge in [0.2, 0.25) is 5.78 Å². The highest BCUT2D eigenvalue weighted by Crippen LogP contribution is 2.17. The van der Waals surface area contributed by atoms with Crippen LogP contribution >= 0.6 is 0 Å². The second-order valence-electron chi connectivity index (χ2n) is 5.99. The Bertz CT molecular complexity index is 933. The van der Waals surface area contributed by atoms with Crippen LogP contribution in [0.1, 0.15) is 21.5 Å². The first-order valence-corrected chi connectivity index (χ1v) is 8.78. The molecule has 0 aliphatic rings. The quantitative estimate of drug-likeness (QED) is 0.330. The Morgan fingerprint density at radius 1 is 0.750 bits per heavy atom. The van der Waals surface area contributed by atoms with E-state index in [0.29, 0.717) is 22.6 Å². The Kier molecular flexibility index (Phi) is 6.41. The van der Waals surface area contributed by atoms with Crippen molar-refractivity contribution >= 4 is 11.5 Å². The lowest BCUT2D eigenvalue weighted by Gasteiger charge is -2.08. The smallest absolute Gasteiger partial charge is 0.215 e. The number of hydrogen-bond donors (Lipinski definition) is 0. The van der Waals surface area contributed by atoms with Crippen molar-refractivity contribution in [2.75, 3.05) is 14.2 Å². The number of rotatable bonds is 8. The van der Waals surface area contributed by atoms with Gasteiger partial charge in [0.15, 0.2) is 5.71 Å². The largest absolute Gasteiger partial charge is 0.497 e. The van der Waals surface area contributed by atoms with E-state index < -0.39 is 0 Å². The van der Waals surface area contributed by atoms with Crippen molar-refractivity contribution in [2.45, 2.75) is 6.61 Å². The minimum absolute atomic E-state index is 0.226. The number of hydrogen-bond acceptors (Lipinski definition) is 5. The van der Waals surface area contributed by atoms with Gasteiger partial charge >= 0.3 is 0 Å². The molecule has 0 spiro atoms. The molecule has 0 aromatic heterocycles. The van der Waals surface area contributed by atoms with Gasteiger partial charge in [-0.2, -0.15) is 0 Å². The van der Waals surface area contributed by atoms with E-state index in [1.54, 1.807) is 62.8 Å². The van der Waals surface area contributed by atoms with Gasteiger partial charge in [-0.3, -0.25) is 4.79 Å². The van der Waals surface area contributed by atoms with Crippen molar-refractivity contribution < 1.29 is 19.1 Å². The van der Waals surface area contributed by atoms with Crippen molar-refractivity contribution in [3.05, 3.63) is 95.6 Å². The van der Waals surface area contributed by atoms with Crippen LogP contribution in [0.4, 0.5) is 0 Å². The Balaban J connectivity index is 1.87. The molecule has 3 aromatic carbocycles. The molecule has 28 heavy (non-hydrogen) atoms. The van der Waals surface area contributed by atoms with Crippen LogP contribution in [0.2, 0.25) is 0 Å². The van der Waals surface area contributed by atoms with E-state index in [9.17, 15) is 4.79 Å². The van der Waals surface area contributed by atoms with E-state index >= 15 is 0 Å². The van der Waals surface area contributed by atoms with E-state index in [4.69, 9.17) is 14.3 Å². The second-order valence-corrected chi connectivity index (χ2v) is 5.99. The SMILES string of the molecule is COc1ccc(C(=O)/C(=N/OCc2ccccc2)c2ccc(OC)cc2)cc1. The number of nitrogens with zero attached hydrogens (tertiary/aromatic N) is 1. The Hall–Kier alpha value is -3.60. The summed E-state index contributed by atoms with van der Waals surface area (Å²) in [7, 11) is 3.17. The van der Waals surface area contributed by atoms with E-state index in [0.717, 1.165) is 5.56 Å². The van der Waals surface area contributed by atoms with Gasteiger partial charge in [-0.05, 0) is 54.1 Å². The van der Waals surface area contributed by atoms with Crippen LogP contribution in [0.5, 0.6) is 11.5 Å². The lowest BCUT2D eigenvalue weighted by Crippen LogP contribution is -2.16. The molecule has 0 bridgehead atoms. The molecular weight excluding hydrogens is 354 g/mol. The van der Waals surface area contributed by atoms with Crippen molar-refractivity contribution in [2.24, 2.45) is 5.16 Å². The summed E-state index contributed by atoms with van der Waals surface area (Å²) < 4.78 is 10.3. The first-order chi connectivity index (χ1) is 13.7. The molecule has 0 fully saturated rings. The molecule has 0 radical (unpaired) electrons. The Morgan fingerprint density at radius 2 is 1.29 bits per heavy atom. The number of carbonyl (C=O) groups excluding carboxylic acids is 1. The molecule has 0 saturated heterocycles. The van der Waals surface area contributed by atoms with Crippen molar-refractivity contribution in [1.29, 1.82) is 0 Å². The van der Waals surface area contributed by atoms with Crippen molar-refractivity contribution in [3.63, 3.8) is 0 Å². The molecule has 0 heterocycles. The minimum Gasteiger partial charge on any atom is -0.497 e. The van der Waals surface area contributed by atoms with Crippen LogP contribution in [0.25, 0.3) is 0 Å². The molecule has 0 N–H and O–H groups in total.